The lowest BCUT2D eigenvalue weighted by molar-refractivity contribution is -0.149. The molecule has 2 rings (SSSR count). The third-order valence-corrected chi connectivity index (χ3v) is 3.29. The zero-order valence-corrected chi connectivity index (χ0v) is 11.1. The third kappa shape index (κ3) is 3.98. The van der Waals surface area contributed by atoms with Crippen molar-refractivity contribution in [3.8, 4) is 0 Å². The van der Waals surface area contributed by atoms with E-state index < -0.39 is 29.6 Å². The topological polar surface area (TPSA) is 75.6 Å². The lowest BCUT2D eigenvalue weighted by Crippen LogP contribution is -2.34. The average Bonchev–Trinajstić information content (AvgIpc) is 2.91. The van der Waals surface area contributed by atoms with Crippen molar-refractivity contribution in [1.29, 1.82) is 0 Å². The van der Waals surface area contributed by atoms with Crippen molar-refractivity contribution < 1.29 is 28.2 Å². The number of carboxylic acid groups (broad SMARTS) is 1. The molecule has 0 aromatic heterocycles. The van der Waals surface area contributed by atoms with Crippen LogP contribution in [0.5, 0.6) is 0 Å². The summed E-state index contributed by atoms with van der Waals surface area (Å²) in [6, 6.07) is 3.65. The number of carbonyl (C=O) groups excluding carboxylic acids is 1. The Morgan fingerprint density at radius 1 is 1.33 bits per heavy atom. The van der Waals surface area contributed by atoms with Crippen LogP contribution in [0.4, 0.5) is 8.78 Å². The highest BCUT2D eigenvalue weighted by Crippen LogP contribution is 2.19. The third-order valence-electron chi connectivity index (χ3n) is 3.29. The van der Waals surface area contributed by atoms with Crippen molar-refractivity contribution in [2.75, 3.05) is 6.54 Å². The maximum atomic E-state index is 13.4. The fraction of sp³-hybridized carbons (Fsp3) is 0.429. The molecular formula is C14H15F2NO4. The van der Waals surface area contributed by atoms with Crippen LogP contribution < -0.4 is 5.32 Å². The van der Waals surface area contributed by atoms with Crippen molar-refractivity contribution >= 4 is 11.9 Å². The number of hydrogen-bond donors (Lipinski definition) is 2. The molecule has 0 aliphatic carbocycles. The fourth-order valence-electron chi connectivity index (χ4n) is 2.19. The van der Waals surface area contributed by atoms with Gasteiger partial charge >= 0.3 is 5.97 Å². The second-order valence-electron chi connectivity index (χ2n) is 4.86. The van der Waals surface area contributed by atoms with E-state index in [-0.39, 0.29) is 24.6 Å². The molecule has 1 heterocycles. The summed E-state index contributed by atoms with van der Waals surface area (Å²) in [5, 5.41) is 11.3. The van der Waals surface area contributed by atoms with E-state index in [2.05, 4.69) is 5.32 Å². The van der Waals surface area contributed by atoms with Gasteiger partial charge in [0.15, 0.2) is 17.7 Å². The minimum atomic E-state index is -1.03. The van der Waals surface area contributed by atoms with Crippen LogP contribution in [0.2, 0.25) is 0 Å². The Balaban J connectivity index is 1.80. The van der Waals surface area contributed by atoms with Crippen LogP contribution in [0.25, 0.3) is 0 Å². The van der Waals surface area contributed by atoms with Crippen LogP contribution in [0.3, 0.4) is 0 Å². The second-order valence-corrected chi connectivity index (χ2v) is 4.86. The van der Waals surface area contributed by atoms with E-state index in [9.17, 15) is 18.4 Å². The number of nitrogens with one attached hydrogen (secondary N) is 1. The summed E-state index contributed by atoms with van der Waals surface area (Å²) < 4.78 is 31.6. The van der Waals surface area contributed by atoms with E-state index in [4.69, 9.17) is 9.84 Å². The Labute approximate surface area is 119 Å². The predicted octanol–water partition coefficient (Wildman–Crippen LogP) is 1.26. The van der Waals surface area contributed by atoms with Gasteiger partial charge in [-0.1, -0.05) is 12.1 Å². The number of benzene rings is 1. The molecular weight excluding hydrogens is 284 g/mol. The molecule has 114 valence electrons. The molecule has 0 saturated carbocycles. The van der Waals surface area contributed by atoms with Crippen LogP contribution >= 0.6 is 0 Å². The number of carboxylic acids is 1. The molecule has 1 aromatic carbocycles. The molecule has 1 aliphatic rings. The van der Waals surface area contributed by atoms with Crippen molar-refractivity contribution in [3.63, 3.8) is 0 Å². The fourth-order valence-corrected chi connectivity index (χ4v) is 2.19. The molecule has 0 bridgehead atoms. The highest BCUT2D eigenvalue weighted by atomic mass is 19.2. The van der Waals surface area contributed by atoms with Crippen molar-refractivity contribution in [3.05, 3.63) is 35.4 Å². The number of halogens is 2. The Bertz CT molecular complexity index is 550. The van der Waals surface area contributed by atoms with E-state index in [1.54, 1.807) is 0 Å². The number of hydrogen-bond acceptors (Lipinski definition) is 3. The van der Waals surface area contributed by atoms with Gasteiger partial charge in [-0.15, -0.1) is 0 Å². The van der Waals surface area contributed by atoms with Gasteiger partial charge in [0.25, 0.3) is 0 Å². The normalized spacial score (nSPS) is 21.2. The lowest BCUT2D eigenvalue weighted by Gasteiger charge is -2.12. The Morgan fingerprint density at radius 3 is 2.76 bits per heavy atom. The summed E-state index contributed by atoms with van der Waals surface area (Å²) in [4.78, 5) is 22.4. The SMILES string of the molecule is O=C(Cc1cccc(F)c1F)NCC1CCC(C(=O)O)O1. The first kappa shape index (κ1) is 15.4. The van der Waals surface area contributed by atoms with Gasteiger partial charge in [0.2, 0.25) is 5.91 Å². The van der Waals surface area contributed by atoms with Crippen molar-refractivity contribution in [2.24, 2.45) is 0 Å². The number of ether oxygens (including phenoxy) is 1. The van der Waals surface area contributed by atoms with Gasteiger partial charge in [-0.2, -0.15) is 0 Å². The van der Waals surface area contributed by atoms with Gasteiger partial charge < -0.3 is 15.2 Å². The highest BCUT2D eigenvalue weighted by Gasteiger charge is 2.30. The molecule has 2 N–H and O–H groups in total. The predicted molar refractivity (Wildman–Crippen MR) is 68.6 cm³/mol. The van der Waals surface area contributed by atoms with E-state index in [1.165, 1.54) is 12.1 Å². The monoisotopic (exact) mass is 299 g/mol. The van der Waals surface area contributed by atoms with Gasteiger partial charge in [0, 0.05) is 12.1 Å². The van der Waals surface area contributed by atoms with E-state index in [1.807, 2.05) is 0 Å². The molecule has 2 atom stereocenters. The number of amides is 1. The first-order valence-electron chi connectivity index (χ1n) is 6.55. The molecule has 1 aliphatic heterocycles. The summed E-state index contributed by atoms with van der Waals surface area (Å²) >= 11 is 0. The van der Waals surface area contributed by atoms with Gasteiger partial charge in [-0.25, -0.2) is 13.6 Å². The molecule has 1 aromatic rings. The zero-order valence-electron chi connectivity index (χ0n) is 11.1. The van der Waals surface area contributed by atoms with Crippen LogP contribution in [0, 0.1) is 11.6 Å². The van der Waals surface area contributed by atoms with Crippen molar-refractivity contribution in [2.45, 2.75) is 31.5 Å². The summed E-state index contributed by atoms with van der Waals surface area (Å²) in [5.74, 6) is -3.52. The Hall–Kier alpha value is -2.02. The number of carbonyl (C=O) groups is 2. The van der Waals surface area contributed by atoms with Crippen molar-refractivity contribution in [1.82, 2.24) is 5.32 Å². The molecule has 7 heteroatoms. The Morgan fingerprint density at radius 2 is 2.10 bits per heavy atom. The summed E-state index contributed by atoms with van der Waals surface area (Å²) in [7, 11) is 0. The summed E-state index contributed by atoms with van der Waals surface area (Å²) in [6.07, 6.45) is -0.557. The van der Waals surface area contributed by atoms with E-state index >= 15 is 0 Å². The molecule has 1 saturated heterocycles. The summed E-state index contributed by atoms with van der Waals surface area (Å²) in [6.45, 7) is 0.152. The Kier molecular flexibility index (Phi) is 4.85. The smallest absolute Gasteiger partial charge is 0.332 e. The number of aliphatic carboxylic acids is 1. The summed E-state index contributed by atoms with van der Waals surface area (Å²) in [5.41, 5.74) is -0.0248. The first-order chi connectivity index (χ1) is 9.97. The molecule has 21 heavy (non-hydrogen) atoms. The average molecular weight is 299 g/mol. The zero-order chi connectivity index (χ0) is 15.4. The molecule has 5 nitrogen and oxygen atoms in total. The second kappa shape index (κ2) is 6.62. The van der Waals surface area contributed by atoms with Gasteiger partial charge in [0.05, 0.1) is 12.5 Å². The van der Waals surface area contributed by atoms with Crippen LogP contribution in [-0.2, 0) is 20.7 Å². The highest BCUT2D eigenvalue weighted by molar-refractivity contribution is 5.78. The van der Waals surface area contributed by atoms with E-state index in [0.29, 0.717) is 12.8 Å². The number of rotatable bonds is 5. The van der Waals surface area contributed by atoms with Crippen LogP contribution in [-0.4, -0.2) is 35.7 Å². The van der Waals surface area contributed by atoms with E-state index in [0.717, 1.165) is 6.07 Å². The first-order valence-corrected chi connectivity index (χ1v) is 6.55. The minimum Gasteiger partial charge on any atom is -0.479 e. The van der Waals surface area contributed by atoms with Gasteiger partial charge in [-0.05, 0) is 18.9 Å². The molecule has 2 unspecified atom stereocenters. The largest absolute Gasteiger partial charge is 0.479 e. The van der Waals surface area contributed by atoms with Gasteiger partial charge in [0.1, 0.15) is 0 Å². The maximum absolute atomic E-state index is 13.4. The standard InChI is InChI=1S/C14H15F2NO4/c15-10-3-1-2-8(13(10)16)6-12(18)17-7-9-4-5-11(21-9)14(19)20/h1-3,9,11H,4-7H2,(H,17,18)(H,19,20). The maximum Gasteiger partial charge on any atom is 0.332 e. The molecule has 1 fully saturated rings. The molecule has 0 spiro atoms. The minimum absolute atomic E-state index is 0.0248. The lowest BCUT2D eigenvalue weighted by atomic mass is 10.1. The molecule has 1 amide bonds. The molecule has 0 radical (unpaired) electrons. The van der Waals surface area contributed by atoms with Crippen LogP contribution in [0.1, 0.15) is 18.4 Å². The van der Waals surface area contributed by atoms with Crippen LogP contribution in [0.15, 0.2) is 18.2 Å². The quantitative estimate of drug-likeness (QED) is 0.858. The van der Waals surface area contributed by atoms with Gasteiger partial charge in [-0.3, -0.25) is 4.79 Å².